The first-order valence-corrected chi connectivity index (χ1v) is 6.54. The van der Waals surface area contributed by atoms with Gasteiger partial charge in [0.05, 0.1) is 5.56 Å². The molecule has 5 nitrogen and oxygen atoms in total. The van der Waals surface area contributed by atoms with Crippen molar-refractivity contribution in [3.63, 3.8) is 0 Å². The van der Waals surface area contributed by atoms with Crippen molar-refractivity contribution in [3.8, 4) is 5.75 Å². The number of amides is 1. The van der Waals surface area contributed by atoms with Crippen LogP contribution in [0.1, 0.15) is 15.9 Å². The lowest BCUT2D eigenvalue weighted by Gasteiger charge is -2.09. The van der Waals surface area contributed by atoms with E-state index >= 15 is 0 Å². The summed E-state index contributed by atoms with van der Waals surface area (Å²) >= 11 is 2.18. The smallest absolute Gasteiger partial charge is 0.260 e. The first-order chi connectivity index (χ1) is 8.97. The predicted molar refractivity (Wildman–Crippen MR) is 80.6 cm³/mol. The van der Waals surface area contributed by atoms with Gasteiger partial charge in [-0.05, 0) is 53.3 Å². The summed E-state index contributed by atoms with van der Waals surface area (Å²) in [6.45, 7) is 1.88. The van der Waals surface area contributed by atoms with Crippen LogP contribution in [0.25, 0.3) is 0 Å². The molecule has 0 saturated carbocycles. The maximum Gasteiger partial charge on any atom is 0.260 e. The predicted octanol–water partition coefficient (Wildman–Crippen LogP) is 2.25. The van der Waals surface area contributed by atoms with Gasteiger partial charge in [-0.15, -0.1) is 0 Å². The maximum atomic E-state index is 12.0. The fraction of sp³-hybridized carbons (Fsp3) is 0.0769. The number of pyridine rings is 1. The third kappa shape index (κ3) is 3.14. The highest BCUT2D eigenvalue weighted by atomic mass is 127. The minimum atomic E-state index is -0.474. The second kappa shape index (κ2) is 5.43. The Morgan fingerprint density at radius 1 is 1.37 bits per heavy atom. The lowest BCUT2D eigenvalue weighted by Crippen LogP contribution is -2.15. The van der Waals surface area contributed by atoms with E-state index in [1.165, 1.54) is 6.20 Å². The number of rotatable bonds is 2. The molecule has 6 heteroatoms. The van der Waals surface area contributed by atoms with Crippen molar-refractivity contribution in [2.75, 3.05) is 5.32 Å². The highest BCUT2D eigenvalue weighted by Crippen LogP contribution is 2.20. The number of aromatic nitrogens is 1. The topological polar surface area (TPSA) is 82.2 Å². The first kappa shape index (κ1) is 13.6. The monoisotopic (exact) mass is 370 g/mol. The van der Waals surface area contributed by atoms with E-state index < -0.39 is 11.5 Å². The Morgan fingerprint density at radius 2 is 2.11 bits per heavy atom. The molecular formula is C13H11IN2O3. The van der Waals surface area contributed by atoms with Crippen LogP contribution < -0.4 is 10.9 Å². The van der Waals surface area contributed by atoms with Crippen molar-refractivity contribution in [3.05, 3.63) is 55.5 Å². The van der Waals surface area contributed by atoms with Crippen molar-refractivity contribution < 1.29 is 9.90 Å². The molecule has 0 fully saturated rings. The quantitative estimate of drug-likeness (QED) is 0.710. The summed E-state index contributed by atoms with van der Waals surface area (Å²) in [4.78, 5) is 25.3. The fourth-order valence-electron chi connectivity index (χ4n) is 1.60. The molecule has 98 valence electrons. The number of hydrogen-bond donors (Lipinski definition) is 3. The van der Waals surface area contributed by atoms with E-state index in [9.17, 15) is 14.7 Å². The molecule has 1 aromatic heterocycles. The van der Waals surface area contributed by atoms with Gasteiger partial charge in [0.2, 0.25) is 0 Å². The van der Waals surface area contributed by atoms with E-state index in [0.29, 0.717) is 5.69 Å². The molecule has 0 spiro atoms. The molecule has 0 aliphatic carbocycles. The Balaban J connectivity index is 2.28. The van der Waals surface area contributed by atoms with Crippen molar-refractivity contribution in [2.45, 2.75) is 6.92 Å². The van der Waals surface area contributed by atoms with Gasteiger partial charge >= 0.3 is 0 Å². The third-order valence-electron chi connectivity index (χ3n) is 2.58. The molecule has 0 aliphatic rings. The molecule has 1 amide bonds. The van der Waals surface area contributed by atoms with Crippen molar-refractivity contribution in [1.82, 2.24) is 4.98 Å². The number of nitrogens with one attached hydrogen (secondary N) is 2. The molecule has 0 bridgehead atoms. The minimum absolute atomic E-state index is 0.0255. The van der Waals surface area contributed by atoms with Crippen LogP contribution in [0.4, 0.5) is 5.69 Å². The number of carbonyl (C=O) groups excluding carboxylic acids is 1. The number of aryl methyl sites for hydroxylation is 1. The number of halogens is 1. The maximum absolute atomic E-state index is 12.0. The number of H-pyrrole nitrogens is 1. The number of hydrogen-bond acceptors (Lipinski definition) is 3. The largest absolute Gasteiger partial charge is 0.507 e. The molecule has 2 aromatic rings. The van der Waals surface area contributed by atoms with Crippen LogP contribution in [0, 0.1) is 10.5 Å². The highest BCUT2D eigenvalue weighted by Gasteiger charge is 2.12. The summed E-state index contributed by atoms with van der Waals surface area (Å²) < 4.78 is 1.07. The van der Waals surface area contributed by atoms with Crippen LogP contribution in [0.5, 0.6) is 5.75 Å². The molecule has 2 rings (SSSR count). The van der Waals surface area contributed by atoms with Crippen LogP contribution in [0.3, 0.4) is 0 Å². The number of benzene rings is 1. The Hall–Kier alpha value is -1.83. The molecule has 0 unspecified atom stereocenters. The van der Waals surface area contributed by atoms with Crippen LogP contribution in [0.2, 0.25) is 0 Å². The second-order valence-corrected chi connectivity index (χ2v) is 5.26. The van der Waals surface area contributed by atoms with Crippen LogP contribution in [-0.2, 0) is 0 Å². The van der Waals surface area contributed by atoms with E-state index in [1.807, 2.05) is 19.1 Å². The second-order valence-electron chi connectivity index (χ2n) is 4.01. The zero-order valence-electron chi connectivity index (χ0n) is 10.0. The van der Waals surface area contributed by atoms with E-state index in [0.717, 1.165) is 15.2 Å². The standard InChI is InChI=1S/C13H11IN2O3/c1-7-4-8(14)2-3-10(7)16-13(19)9-6-15-12(18)5-11(9)17/h2-6H,1H3,(H,16,19)(H2,15,17,18). The molecule has 0 radical (unpaired) electrons. The van der Waals surface area contributed by atoms with Gasteiger partial charge in [-0.3, -0.25) is 9.59 Å². The van der Waals surface area contributed by atoms with Gasteiger partial charge in [0.1, 0.15) is 5.75 Å². The summed E-state index contributed by atoms with van der Waals surface area (Å²) in [5, 5.41) is 12.3. The fourth-order valence-corrected chi connectivity index (χ4v) is 2.25. The Labute approximate surface area is 122 Å². The third-order valence-corrected chi connectivity index (χ3v) is 3.25. The molecule has 0 saturated heterocycles. The summed E-state index contributed by atoms with van der Waals surface area (Å²) in [5.41, 5.74) is 1.15. The molecular weight excluding hydrogens is 359 g/mol. The average Bonchev–Trinajstić information content (AvgIpc) is 2.32. The van der Waals surface area contributed by atoms with Gasteiger partial charge < -0.3 is 15.4 Å². The zero-order chi connectivity index (χ0) is 14.0. The minimum Gasteiger partial charge on any atom is -0.507 e. The lowest BCUT2D eigenvalue weighted by molar-refractivity contribution is 0.102. The van der Waals surface area contributed by atoms with Gasteiger partial charge in [0.25, 0.3) is 11.5 Å². The number of anilines is 1. The SMILES string of the molecule is Cc1cc(I)ccc1NC(=O)c1c[nH]c(=O)cc1O. The summed E-state index contributed by atoms with van der Waals surface area (Å²) in [7, 11) is 0. The first-order valence-electron chi connectivity index (χ1n) is 5.46. The van der Waals surface area contributed by atoms with Crippen molar-refractivity contribution in [1.29, 1.82) is 0 Å². The summed E-state index contributed by atoms with van der Waals surface area (Å²) in [6.07, 6.45) is 1.19. The summed E-state index contributed by atoms with van der Waals surface area (Å²) in [6, 6.07) is 6.56. The molecule has 1 aromatic carbocycles. The molecule has 3 N–H and O–H groups in total. The molecule has 19 heavy (non-hydrogen) atoms. The Morgan fingerprint density at radius 3 is 2.74 bits per heavy atom. The van der Waals surface area contributed by atoms with Crippen LogP contribution >= 0.6 is 22.6 Å². The van der Waals surface area contributed by atoms with Crippen LogP contribution in [-0.4, -0.2) is 16.0 Å². The molecule has 0 aliphatic heterocycles. The highest BCUT2D eigenvalue weighted by molar-refractivity contribution is 14.1. The number of carbonyl (C=O) groups is 1. The number of aromatic hydroxyl groups is 1. The van der Waals surface area contributed by atoms with Gasteiger partial charge in [0.15, 0.2) is 0 Å². The van der Waals surface area contributed by atoms with Gasteiger partial charge in [0, 0.05) is 21.5 Å². The molecule has 1 heterocycles. The van der Waals surface area contributed by atoms with Crippen LogP contribution in [0.15, 0.2) is 35.3 Å². The average molecular weight is 370 g/mol. The van der Waals surface area contributed by atoms with Gasteiger partial charge in [-0.1, -0.05) is 0 Å². The van der Waals surface area contributed by atoms with Crippen molar-refractivity contribution >= 4 is 34.2 Å². The Bertz CT molecular complexity index is 695. The van der Waals surface area contributed by atoms with Gasteiger partial charge in [-0.2, -0.15) is 0 Å². The van der Waals surface area contributed by atoms with E-state index in [2.05, 4.69) is 32.9 Å². The lowest BCUT2D eigenvalue weighted by atomic mass is 10.2. The van der Waals surface area contributed by atoms with Crippen molar-refractivity contribution in [2.24, 2.45) is 0 Å². The van der Waals surface area contributed by atoms with E-state index in [-0.39, 0.29) is 11.3 Å². The summed E-state index contributed by atoms with van der Waals surface area (Å²) in [5.74, 6) is -0.817. The van der Waals surface area contributed by atoms with E-state index in [1.54, 1.807) is 6.07 Å². The van der Waals surface area contributed by atoms with Gasteiger partial charge in [-0.25, -0.2) is 0 Å². The zero-order valence-corrected chi connectivity index (χ0v) is 12.2. The Kier molecular flexibility index (Phi) is 3.89. The molecule has 0 atom stereocenters. The normalized spacial score (nSPS) is 10.2. The van der Waals surface area contributed by atoms with E-state index in [4.69, 9.17) is 0 Å². The number of aromatic amines is 1.